The quantitative estimate of drug-likeness (QED) is 0.504. The van der Waals surface area contributed by atoms with Gasteiger partial charge in [-0.2, -0.15) is 12.6 Å². The van der Waals surface area contributed by atoms with Crippen LogP contribution in [0.3, 0.4) is 0 Å². The predicted octanol–water partition coefficient (Wildman–Crippen LogP) is 3.56. The van der Waals surface area contributed by atoms with Crippen molar-refractivity contribution in [2.75, 3.05) is 5.75 Å². The van der Waals surface area contributed by atoms with Crippen molar-refractivity contribution in [3.8, 4) is 0 Å². The maximum absolute atomic E-state index is 6.09. The number of aromatic amines is 1. The van der Waals surface area contributed by atoms with Gasteiger partial charge in [0.05, 0.1) is 11.2 Å². The lowest BCUT2D eigenvalue weighted by Crippen LogP contribution is -2.41. The van der Waals surface area contributed by atoms with Crippen molar-refractivity contribution in [2.45, 2.75) is 38.9 Å². The van der Waals surface area contributed by atoms with E-state index in [0.29, 0.717) is 16.4 Å². The fourth-order valence-corrected chi connectivity index (χ4v) is 2.85. The molecule has 1 aliphatic rings. The van der Waals surface area contributed by atoms with E-state index in [2.05, 4.69) is 27.6 Å². The molecule has 0 amide bonds. The molecule has 0 atom stereocenters. The van der Waals surface area contributed by atoms with E-state index in [1.165, 1.54) is 6.33 Å². The third-order valence-electron chi connectivity index (χ3n) is 4.53. The Kier molecular flexibility index (Phi) is 4.25. The van der Waals surface area contributed by atoms with Gasteiger partial charge in [-0.3, -0.25) is 0 Å². The van der Waals surface area contributed by atoms with E-state index in [1.54, 1.807) is 0 Å². The molecular formula is C15H19BClN3O2S. The van der Waals surface area contributed by atoms with Crippen LogP contribution in [0, 0.1) is 0 Å². The van der Waals surface area contributed by atoms with Gasteiger partial charge in [0, 0.05) is 17.5 Å². The molecule has 122 valence electrons. The number of fused-ring (bicyclic) bond motifs is 1. The SMILES string of the molecule is CC1(C)OB(C(=Cc2c[nH]c3c(Cl)ncnc23)CS)OC1(C)C. The molecule has 5 nitrogen and oxygen atoms in total. The largest absolute Gasteiger partial charge is 0.491 e. The van der Waals surface area contributed by atoms with E-state index in [4.69, 9.17) is 20.9 Å². The standard InChI is InChI=1S/C15H19BClN3O2S/c1-14(2)15(3,4)22-16(21-14)10(7-23)5-9-6-18-12-11(9)19-8-20-13(12)17/h5-6,8,18,23H,7H2,1-4H3. The van der Waals surface area contributed by atoms with Gasteiger partial charge in [0.15, 0.2) is 5.15 Å². The number of halogens is 1. The second-order valence-electron chi connectivity index (χ2n) is 6.60. The molecule has 2 aromatic heterocycles. The lowest BCUT2D eigenvalue weighted by molar-refractivity contribution is 0.00578. The minimum atomic E-state index is -0.431. The summed E-state index contributed by atoms with van der Waals surface area (Å²) in [6.07, 6.45) is 5.28. The monoisotopic (exact) mass is 351 g/mol. The highest BCUT2D eigenvalue weighted by molar-refractivity contribution is 7.80. The first-order valence-electron chi connectivity index (χ1n) is 7.40. The molecule has 1 N–H and O–H groups in total. The fraction of sp³-hybridized carbons (Fsp3) is 0.467. The Labute approximate surface area is 146 Å². The van der Waals surface area contributed by atoms with Crippen molar-refractivity contribution in [1.29, 1.82) is 0 Å². The number of aromatic nitrogens is 3. The van der Waals surface area contributed by atoms with Crippen molar-refractivity contribution in [2.24, 2.45) is 0 Å². The van der Waals surface area contributed by atoms with E-state index in [0.717, 1.165) is 16.6 Å². The van der Waals surface area contributed by atoms with Crippen LogP contribution in [-0.2, 0) is 9.31 Å². The van der Waals surface area contributed by atoms with E-state index >= 15 is 0 Å². The van der Waals surface area contributed by atoms with Crippen LogP contribution in [0.15, 0.2) is 18.0 Å². The van der Waals surface area contributed by atoms with Gasteiger partial charge in [-0.15, -0.1) is 0 Å². The number of H-pyrrole nitrogens is 1. The molecule has 1 aliphatic heterocycles. The molecule has 0 aromatic carbocycles. The predicted molar refractivity (Wildman–Crippen MR) is 96.8 cm³/mol. The maximum atomic E-state index is 6.09. The molecule has 0 unspecified atom stereocenters. The average Bonchev–Trinajstić information content (AvgIpc) is 2.96. The number of hydrogen-bond acceptors (Lipinski definition) is 5. The molecule has 1 fully saturated rings. The molecule has 3 rings (SSSR count). The lowest BCUT2D eigenvalue weighted by atomic mass is 9.78. The molecule has 2 aromatic rings. The zero-order chi connectivity index (χ0) is 16.8. The number of nitrogens with one attached hydrogen (secondary N) is 1. The Morgan fingerprint density at radius 2 is 1.96 bits per heavy atom. The summed E-state index contributed by atoms with van der Waals surface area (Å²) < 4.78 is 12.2. The van der Waals surface area contributed by atoms with Gasteiger partial charge >= 0.3 is 7.12 Å². The van der Waals surface area contributed by atoms with Gasteiger partial charge in [-0.25, -0.2) is 9.97 Å². The Hall–Kier alpha value is -1.02. The molecular weight excluding hydrogens is 333 g/mol. The smallest absolute Gasteiger partial charge is 0.400 e. The number of rotatable bonds is 3. The van der Waals surface area contributed by atoms with Crippen LogP contribution >= 0.6 is 24.2 Å². The third kappa shape index (κ3) is 2.91. The summed E-state index contributed by atoms with van der Waals surface area (Å²) in [5, 5.41) is 0.401. The van der Waals surface area contributed by atoms with Gasteiger partial charge in [0.25, 0.3) is 0 Å². The minimum absolute atomic E-state index is 0.384. The third-order valence-corrected chi connectivity index (χ3v) is 5.18. The molecule has 0 aliphatic carbocycles. The number of nitrogens with zero attached hydrogens (tertiary/aromatic N) is 2. The summed E-state index contributed by atoms with van der Waals surface area (Å²) in [5.74, 6) is 0.516. The van der Waals surface area contributed by atoms with Gasteiger partial charge in [0.2, 0.25) is 0 Å². The van der Waals surface area contributed by atoms with Crippen LogP contribution in [0.5, 0.6) is 0 Å². The van der Waals surface area contributed by atoms with Crippen molar-refractivity contribution in [3.63, 3.8) is 0 Å². The Morgan fingerprint density at radius 3 is 2.57 bits per heavy atom. The van der Waals surface area contributed by atoms with Crippen LogP contribution < -0.4 is 0 Å². The van der Waals surface area contributed by atoms with E-state index in [9.17, 15) is 0 Å². The minimum Gasteiger partial charge on any atom is -0.400 e. The highest BCUT2D eigenvalue weighted by Crippen LogP contribution is 2.39. The first-order valence-corrected chi connectivity index (χ1v) is 8.41. The summed E-state index contributed by atoms with van der Waals surface area (Å²) in [6.45, 7) is 8.12. The molecule has 1 saturated heterocycles. The van der Waals surface area contributed by atoms with Crippen molar-refractivity contribution >= 4 is 48.5 Å². The van der Waals surface area contributed by atoms with Crippen LogP contribution in [0.1, 0.15) is 33.3 Å². The number of hydrogen-bond donors (Lipinski definition) is 2. The molecule has 0 spiro atoms. The van der Waals surface area contributed by atoms with Crippen molar-refractivity contribution < 1.29 is 9.31 Å². The van der Waals surface area contributed by atoms with Crippen LogP contribution in [0.2, 0.25) is 5.15 Å². The summed E-state index contributed by atoms with van der Waals surface area (Å²) in [6, 6.07) is 0. The highest BCUT2D eigenvalue weighted by Gasteiger charge is 2.52. The molecule has 0 bridgehead atoms. The summed E-state index contributed by atoms with van der Waals surface area (Å²) in [7, 11) is -0.431. The maximum Gasteiger partial charge on any atom is 0.491 e. The van der Waals surface area contributed by atoms with Gasteiger partial charge < -0.3 is 14.3 Å². The molecule has 0 radical (unpaired) electrons. The van der Waals surface area contributed by atoms with Crippen LogP contribution in [0.4, 0.5) is 0 Å². The zero-order valence-corrected chi connectivity index (χ0v) is 15.2. The van der Waals surface area contributed by atoms with Crippen LogP contribution in [-0.4, -0.2) is 39.0 Å². The Bertz CT molecular complexity index is 759. The first kappa shape index (κ1) is 16.8. The van der Waals surface area contributed by atoms with Gasteiger partial charge in [-0.1, -0.05) is 17.7 Å². The fourth-order valence-electron chi connectivity index (χ4n) is 2.42. The molecule has 3 heterocycles. The van der Waals surface area contributed by atoms with E-state index < -0.39 is 7.12 Å². The van der Waals surface area contributed by atoms with Crippen molar-refractivity contribution in [1.82, 2.24) is 15.0 Å². The van der Waals surface area contributed by atoms with Gasteiger partial charge in [0.1, 0.15) is 17.4 Å². The normalized spacial score (nSPS) is 20.4. The molecule has 8 heteroatoms. The second kappa shape index (κ2) is 5.81. The molecule has 0 saturated carbocycles. The van der Waals surface area contributed by atoms with Crippen LogP contribution in [0.25, 0.3) is 17.1 Å². The summed E-state index contributed by atoms with van der Waals surface area (Å²) >= 11 is 10.5. The Balaban J connectivity index is 1.98. The molecule has 23 heavy (non-hydrogen) atoms. The first-order chi connectivity index (χ1) is 10.7. The Morgan fingerprint density at radius 1 is 1.30 bits per heavy atom. The average molecular weight is 352 g/mol. The van der Waals surface area contributed by atoms with Gasteiger partial charge in [-0.05, 0) is 33.2 Å². The summed E-state index contributed by atoms with van der Waals surface area (Å²) in [4.78, 5) is 11.4. The zero-order valence-electron chi connectivity index (χ0n) is 13.6. The van der Waals surface area contributed by atoms with Crippen molar-refractivity contribution in [3.05, 3.63) is 28.7 Å². The van der Waals surface area contributed by atoms with E-state index in [1.807, 2.05) is 40.0 Å². The topological polar surface area (TPSA) is 60.0 Å². The number of thiol groups is 1. The van der Waals surface area contributed by atoms with E-state index in [-0.39, 0.29) is 11.2 Å². The highest BCUT2D eigenvalue weighted by atomic mass is 35.5. The second-order valence-corrected chi connectivity index (χ2v) is 7.27. The lowest BCUT2D eigenvalue weighted by Gasteiger charge is -2.32. The summed E-state index contributed by atoms with van der Waals surface area (Å²) in [5.41, 5.74) is 2.55.